The topological polar surface area (TPSA) is 114 Å². The zero-order valence-corrected chi connectivity index (χ0v) is 15.2. The third-order valence-electron chi connectivity index (χ3n) is 3.75. The lowest BCUT2D eigenvalue weighted by molar-refractivity contribution is -0.384. The normalized spacial score (nSPS) is 17.6. The van der Waals surface area contributed by atoms with Crippen LogP contribution in [0.3, 0.4) is 0 Å². The summed E-state index contributed by atoms with van der Waals surface area (Å²) >= 11 is 1.19. The zero-order chi connectivity index (χ0) is 19.4. The molecule has 2 amide bonds. The van der Waals surface area contributed by atoms with Gasteiger partial charge >= 0.3 is 0 Å². The van der Waals surface area contributed by atoms with E-state index in [1.165, 1.54) is 30.0 Å². The van der Waals surface area contributed by atoms with Gasteiger partial charge in [0, 0.05) is 24.2 Å². The fraction of sp³-hybridized carbons (Fsp3) is 0.167. The van der Waals surface area contributed by atoms with Crippen LogP contribution in [0.5, 0.6) is 0 Å². The molecule has 3 rings (SSSR count). The molecule has 1 aliphatic heterocycles. The first kappa shape index (κ1) is 18.6. The number of nitro groups is 1. The molecule has 1 fully saturated rings. The van der Waals surface area contributed by atoms with E-state index in [1.54, 1.807) is 6.07 Å². The quantitative estimate of drug-likeness (QED) is 0.607. The van der Waals surface area contributed by atoms with E-state index in [0.29, 0.717) is 16.5 Å². The number of amidine groups is 1. The number of anilines is 1. The van der Waals surface area contributed by atoms with Gasteiger partial charge in [0.2, 0.25) is 11.8 Å². The van der Waals surface area contributed by atoms with Crippen LogP contribution in [0, 0.1) is 17.0 Å². The number of nitrogens with one attached hydrogen (secondary N) is 2. The number of aliphatic imine (C=N–C) groups is 1. The molecule has 1 atom stereocenters. The molecule has 1 aliphatic rings. The number of carbonyl (C=O) groups excluding carboxylic acids is 2. The first-order valence-electron chi connectivity index (χ1n) is 8.08. The molecule has 1 heterocycles. The van der Waals surface area contributed by atoms with Crippen molar-refractivity contribution in [2.24, 2.45) is 4.99 Å². The Hall–Kier alpha value is -3.20. The van der Waals surface area contributed by atoms with Crippen molar-refractivity contribution in [1.29, 1.82) is 0 Å². The van der Waals surface area contributed by atoms with Crippen molar-refractivity contribution in [3.8, 4) is 0 Å². The van der Waals surface area contributed by atoms with Crippen LogP contribution in [0.15, 0.2) is 53.5 Å². The van der Waals surface area contributed by atoms with Gasteiger partial charge in [-0.1, -0.05) is 35.5 Å². The highest BCUT2D eigenvalue weighted by atomic mass is 32.2. The second kappa shape index (κ2) is 8.00. The van der Waals surface area contributed by atoms with Gasteiger partial charge in [-0.25, -0.2) is 4.99 Å². The number of benzene rings is 2. The van der Waals surface area contributed by atoms with E-state index in [2.05, 4.69) is 15.6 Å². The number of nitrogens with zero attached hydrogens (tertiary/aromatic N) is 2. The predicted octanol–water partition coefficient (Wildman–Crippen LogP) is 3.15. The summed E-state index contributed by atoms with van der Waals surface area (Å²) < 4.78 is 0. The van der Waals surface area contributed by atoms with Crippen molar-refractivity contribution in [2.75, 3.05) is 5.32 Å². The standard InChI is InChI=1S/C18H16N4O4S/c1-11-5-7-12(8-6-11)20-18-21-17(24)15(27-18)10-16(23)19-13-3-2-4-14(9-13)22(25)26/h2-9,15H,10H2,1H3,(H,19,23)(H,20,21,24). The highest BCUT2D eigenvalue weighted by Crippen LogP contribution is 2.26. The number of rotatable bonds is 5. The maximum absolute atomic E-state index is 12.2. The highest BCUT2D eigenvalue weighted by Gasteiger charge is 2.32. The zero-order valence-electron chi connectivity index (χ0n) is 14.3. The second-order valence-corrected chi connectivity index (χ2v) is 7.10. The maximum atomic E-state index is 12.2. The lowest BCUT2D eigenvalue weighted by Crippen LogP contribution is -2.28. The summed E-state index contributed by atoms with van der Waals surface area (Å²) in [4.78, 5) is 38.9. The first-order chi connectivity index (χ1) is 12.9. The van der Waals surface area contributed by atoms with Gasteiger partial charge < -0.3 is 10.6 Å². The number of amides is 2. The lowest BCUT2D eigenvalue weighted by atomic mass is 10.2. The number of non-ortho nitro benzene ring substituents is 1. The van der Waals surface area contributed by atoms with E-state index in [-0.39, 0.29) is 18.0 Å². The monoisotopic (exact) mass is 384 g/mol. The minimum Gasteiger partial charge on any atom is -0.326 e. The van der Waals surface area contributed by atoms with Crippen molar-refractivity contribution < 1.29 is 14.5 Å². The van der Waals surface area contributed by atoms with E-state index in [9.17, 15) is 19.7 Å². The minimum atomic E-state index is -0.604. The number of nitro benzene ring substituents is 1. The van der Waals surface area contributed by atoms with E-state index >= 15 is 0 Å². The summed E-state index contributed by atoms with van der Waals surface area (Å²) in [5.41, 5.74) is 2.02. The summed E-state index contributed by atoms with van der Waals surface area (Å²) in [5.74, 6) is -0.695. The van der Waals surface area contributed by atoms with Gasteiger partial charge in [0.05, 0.1) is 10.6 Å². The molecule has 0 radical (unpaired) electrons. The maximum Gasteiger partial charge on any atom is 0.271 e. The molecule has 1 saturated heterocycles. The second-order valence-electron chi connectivity index (χ2n) is 5.91. The number of carbonyl (C=O) groups is 2. The van der Waals surface area contributed by atoms with E-state index < -0.39 is 16.1 Å². The van der Waals surface area contributed by atoms with E-state index in [1.807, 2.05) is 31.2 Å². The average molecular weight is 384 g/mol. The highest BCUT2D eigenvalue weighted by molar-refractivity contribution is 8.15. The van der Waals surface area contributed by atoms with Gasteiger partial charge in [0.25, 0.3) is 5.69 Å². The molecular weight excluding hydrogens is 368 g/mol. The van der Waals surface area contributed by atoms with Crippen molar-refractivity contribution in [3.05, 3.63) is 64.2 Å². The Bertz CT molecular complexity index is 927. The van der Waals surface area contributed by atoms with E-state index in [4.69, 9.17) is 0 Å². The van der Waals surface area contributed by atoms with Crippen LogP contribution in [-0.2, 0) is 9.59 Å². The summed E-state index contributed by atoms with van der Waals surface area (Å²) in [5, 5.41) is 15.9. The van der Waals surface area contributed by atoms with Crippen LogP contribution in [0.25, 0.3) is 0 Å². The molecule has 0 aliphatic carbocycles. The Labute approximate surface area is 159 Å². The Morgan fingerprint density at radius 2 is 2.04 bits per heavy atom. The SMILES string of the molecule is Cc1ccc(N=C2NC(=O)C(CC(=O)Nc3cccc([N+](=O)[O-])c3)S2)cc1. The summed E-state index contributed by atoms with van der Waals surface area (Å²) in [7, 11) is 0. The van der Waals surface area contributed by atoms with Gasteiger partial charge in [-0.05, 0) is 25.1 Å². The molecule has 27 heavy (non-hydrogen) atoms. The molecule has 0 aromatic heterocycles. The van der Waals surface area contributed by atoms with Crippen LogP contribution < -0.4 is 10.6 Å². The molecule has 2 aromatic carbocycles. The third kappa shape index (κ3) is 4.91. The lowest BCUT2D eigenvalue weighted by Gasteiger charge is -2.07. The molecular formula is C18H16N4O4S. The predicted molar refractivity (Wildman–Crippen MR) is 104 cm³/mol. The van der Waals surface area contributed by atoms with Crippen LogP contribution in [0.2, 0.25) is 0 Å². The molecule has 138 valence electrons. The fourth-order valence-electron chi connectivity index (χ4n) is 2.41. The Balaban J connectivity index is 1.61. The smallest absolute Gasteiger partial charge is 0.271 e. The van der Waals surface area contributed by atoms with Crippen LogP contribution in [-0.4, -0.2) is 27.2 Å². The van der Waals surface area contributed by atoms with Crippen molar-refractivity contribution in [1.82, 2.24) is 5.32 Å². The molecule has 0 bridgehead atoms. The largest absolute Gasteiger partial charge is 0.326 e. The number of thioether (sulfide) groups is 1. The van der Waals surface area contributed by atoms with Crippen LogP contribution >= 0.6 is 11.8 Å². The van der Waals surface area contributed by atoms with Crippen molar-refractivity contribution >= 4 is 45.8 Å². The Morgan fingerprint density at radius 3 is 2.74 bits per heavy atom. The molecule has 2 aromatic rings. The number of hydrogen-bond acceptors (Lipinski definition) is 6. The average Bonchev–Trinajstić information content (AvgIpc) is 2.96. The molecule has 0 spiro atoms. The minimum absolute atomic E-state index is 0.0634. The van der Waals surface area contributed by atoms with Crippen molar-refractivity contribution in [2.45, 2.75) is 18.6 Å². The molecule has 2 N–H and O–H groups in total. The fourth-order valence-corrected chi connectivity index (χ4v) is 3.39. The van der Waals surface area contributed by atoms with E-state index in [0.717, 1.165) is 5.56 Å². The van der Waals surface area contributed by atoms with Crippen molar-refractivity contribution in [3.63, 3.8) is 0 Å². The first-order valence-corrected chi connectivity index (χ1v) is 8.96. The van der Waals surface area contributed by atoms with Gasteiger partial charge in [-0.2, -0.15) is 0 Å². The molecule has 1 unspecified atom stereocenters. The van der Waals surface area contributed by atoms with Gasteiger partial charge in [0.15, 0.2) is 5.17 Å². The summed E-state index contributed by atoms with van der Waals surface area (Å²) in [6, 6.07) is 13.2. The third-order valence-corrected chi connectivity index (χ3v) is 4.83. The van der Waals surface area contributed by atoms with Gasteiger partial charge in [0.1, 0.15) is 5.25 Å². The van der Waals surface area contributed by atoms with Gasteiger partial charge in [-0.15, -0.1) is 0 Å². The van der Waals surface area contributed by atoms with Crippen LogP contribution in [0.4, 0.5) is 17.1 Å². The summed E-state index contributed by atoms with van der Waals surface area (Å²) in [6.07, 6.45) is -0.0634. The Kier molecular flexibility index (Phi) is 5.51. The van der Waals surface area contributed by atoms with Crippen LogP contribution in [0.1, 0.15) is 12.0 Å². The molecule has 9 heteroatoms. The van der Waals surface area contributed by atoms with Gasteiger partial charge in [-0.3, -0.25) is 19.7 Å². The number of hydrogen-bond donors (Lipinski definition) is 2. The summed E-state index contributed by atoms with van der Waals surface area (Å²) in [6.45, 7) is 1.97. The Morgan fingerprint density at radius 1 is 1.30 bits per heavy atom. The molecule has 8 nitrogen and oxygen atoms in total. The molecule has 0 saturated carbocycles. The number of aryl methyl sites for hydroxylation is 1.